The highest BCUT2D eigenvalue weighted by atomic mass is 16.2. The summed E-state index contributed by atoms with van der Waals surface area (Å²) in [5, 5.41) is 3.55. The molecule has 3 aliphatic rings. The van der Waals surface area contributed by atoms with Gasteiger partial charge in [-0.15, -0.1) is 0 Å². The summed E-state index contributed by atoms with van der Waals surface area (Å²) in [6.45, 7) is 5.40. The minimum atomic E-state index is -0.121. The van der Waals surface area contributed by atoms with E-state index in [9.17, 15) is 4.79 Å². The molecular weight excluding hydrogens is 188 g/mol. The summed E-state index contributed by atoms with van der Waals surface area (Å²) in [6, 6.07) is 0. The van der Waals surface area contributed by atoms with E-state index in [2.05, 4.69) is 24.1 Å². The number of carbonyl (C=O) groups excluding carboxylic acids is 1. The maximum atomic E-state index is 12.2. The molecule has 15 heavy (non-hydrogen) atoms. The number of nitrogens with one attached hydrogen (secondary N) is 1. The van der Waals surface area contributed by atoms with Crippen LogP contribution in [0.3, 0.4) is 0 Å². The van der Waals surface area contributed by atoms with Gasteiger partial charge in [-0.1, -0.05) is 13.8 Å². The summed E-state index contributed by atoms with van der Waals surface area (Å²) < 4.78 is 0. The summed E-state index contributed by atoms with van der Waals surface area (Å²) in [5.74, 6) is 1.70. The van der Waals surface area contributed by atoms with Crippen molar-refractivity contribution in [3.8, 4) is 0 Å². The van der Waals surface area contributed by atoms with Crippen molar-refractivity contribution in [2.75, 3.05) is 6.54 Å². The van der Waals surface area contributed by atoms with Crippen LogP contribution in [0.5, 0.6) is 0 Å². The largest absolute Gasteiger partial charge is 0.325 e. The Balaban J connectivity index is 1.77. The van der Waals surface area contributed by atoms with Crippen molar-refractivity contribution in [1.82, 2.24) is 10.2 Å². The van der Waals surface area contributed by atoms with Crippen LogP contribution in [0, 0.1) is 11.8 Å². The van der Waals surface area contributed by atoms with Crippen LogP contribution in [0.15, 0.2) is 0 Å². The maximum Gasteiger partial charge on any atom is 0.244 e. The fourth-order valence-corrected chi connectivity index (χ4v) is 2.61. The van der Waals surface area contributed by atoms with Crippen molar-refractivity contribution < 1.29 is 4.79 Å². The minimum Gasteiger partial charge on any atom is -0.325 e. The molecule has 84 valence electrons. The van der Waals surface area contributed by atoms with Gasteiger partial charge < -0.3 is 4.90 Å². The highest BCUT2D eigenvalue weighted by molar-refractivity contribution is 5.91. The molecule has 1 amide bonds. The van der Waals surface area contributed by atoms with Gasteiger partial charge in [-0.3, -0.25) is 10.1 Å². The molecular formula is C12H20N2O. The van der Waals surface area contributed by atoms with Gasteiger partial charge in [0.1, 0.15) is 0 Å². The van der Waals surface area contributed by atoms with Crippen LogP contribution in [-0.2, 0) is 4.79 Å². The van der Waals surface area contributed by atoms with Gasteiger partial charge >= 0.3 is 0 Å². The lowest BCUT2D eigenvalue weighted by Gasteiger charge is -2.27. The van der Waals surface area contributed by atoms with Crippen LogP contribution in [0.1, 0.15) is 39.5 Å². The quantitative estimate of drug-likeness (QED) is 0.759. The summed E-state index contributed by atoms with van der Waals surface area (Å²) in [5.41, 5.74) is -0.121. The van der Waals surface area contributed by atoms with E-state index in [-0.39, 0.29) is 5.54 Å². The second-order valence-corrected chi connectivity index (χ2v) is 5.82. The third-order valence-corrected chi connectivity index (χ3v) is 3.96. The van der Waals surface area contributed by atoms with Gasteiger partial charge in [-0.2, -0.15) is 0 Å². The van der Waals surface area contributed by atoms with E-state index in [1.807, 2.05) is 0 Å². The number of hydrogen-bond acceptors (Lipinski definition) is 2. The Morgan fingerprint density at radius 3 is 2.60 bits per heavy atom. The molecule has 0 aromatic heterocycles. The molecule has 1 heterocycles. The van der Waals surface area contributed by atoms with Gasteiger partial charge in [0.25, 0.3) is 0 Å². The fraction of sp³-hybridized carbons (Fsp3) is 0.917. The van der Waals surface area contributed by atoms with Crippen LogP contribution in [0.4, 0.5) is 0 Å². The molecule has 3 heteroatoms. The average molecular weight is 208 g/mol. The number of carbonyl (C=O) groups is 1. The van der Waals surface area contributed by atoms with E-state index in [0.29, 0.717) is 18.0 Å². The van der Waals surface area contributed by atoms with Crippen molar-refractivity contribution in [2.45, 2.75) is 51.2 Å². The van der Waals surface area contributed by atoms with Crippen LogP contribution < -0.4 is 5.32 Å². The molecule has 1 atom stereocenters. The van der Waals surface area contributed by atoms with Gasteiger partial charge in [-0.25, -0.2) is 0 Å². The predicted octanol–water partition coefficient (Wildman–Crippen LogP) is 1.34. The molecule has 1 N–H and O–H groups in total. The van der Waals surface area contributed by atoms with E-state index in [0.717, 1.165) is 25.3 Å². The lowest BCUT2D eigenvalue weighted by molar-refractivity contribution is -0.131. The second-order valence-electron chi connectivity index (χ2n) is 5.82. The number of hydrogen-bond donors (Lipinski definition) is 1. The number of nitrogens with zero attached hydrogens (tertiary/aromatic N) is 1. The van der Waals surface area contributed by atoms with Crippen molar-refractivity contribution in [2.24, 2.45) is 11.8 Å². The molecule has 1 unspecified atom stereocenters. The molecule has 2 saturated carbocycles. The van der Waals surface area contributed by atoms with Crippen LogP contribution >= 0.6 is 0 Å². The number of amides is 1. The zero-order valence-corrected chi connectivity index (χ0v) is 9.62. The first-order chi connectivity index (χ1) is 7.12. The Morgan fingerprint density at radius 2 is 2.13 bits per heavy atom. The first kappa shape index (κ1) is 9.64. The third-order valence-electron chi connectivity index (χ3n) is 3.96. The third kappa shape index (κ3) is 1.48. The minimum absolute atomic E-state index is 0.121. The Kier molecular flexibility index (Phi) is 1.91. The Morgan fingerprint density at radius 1 is 1.47 bits per heavy atom. The molecule has 3 rings (SSSR count). The molecule has 1 aliphatic heterocycles. The SMILES string of the molecule is CC(C)C1NC2(CC2)C(=O)N1CC1CC1. The topological polar surface area (TPSA) is 32.3 Å². The average Bonchev–Trinajstić information content (AvgIpc) is 3.05. The first-order valence-electron chi connectivity index (χ1n) is 6.21. The molecule has 3 nitrogen and oxygen atoms in total. The summed E-state index contributed by atoms with van der Waals surface area (Å²) in [7, 11) is 0. The molecule has 0 aromatic rings. The van der Waals surface area contributed by atoms with Crippen LogP contribution in [0.25, 0.3) is 0 Å². The van der Waals surface area contributed by atoms with Crippen molar-refractivity contribution in [3.63, 3.8) is 0 Å². The van der Waals surface area contributed by atoms with Crippen LogP contribution in [0.2, 0.25) is 0 Å². The Hall–Kier alpha value is -0.570. The zero-order valence-electron chi connectivity index (χ0n) is 9.62. The van der Waals surface area contributed by atoms with E-state index in [1.165, 1.54) is 12.8 Å². The maximum absolute atomic E-state index is 12.2. The molecule has 1 saturated heterocycles. The van der Waals surface area contributed by atoms with Crippen molar-refractivity contribution >= 4 is 5.91 Å². The van der Waals surface area contributed by atoms with E-state index < -0.39 is 0 Å². The fourth-order valence-electron chi connectivity index (χ4n) is 2.61. The molecule has 0 aromatic carbocycles. The normalized spacial score (nSPS) is 33.1. The Bertz CT molecular complexity index is 292. The summed E-state index contributed by atoms with van der Waals surface area (Å²) >= 11 is 0. The standard InChI is InChI=1S/C12H20N2O/c1-8(2)10-13-12(5-6-12)11(15)14(10)7-9-3-4-9/h8-10,13H,3-7H2,1-2H3. The lowest BCUT2D eigenvalue weighted by Crippen LogP contribution is -2.42. The summed E-state index contributed by atoms with van der Waals surface area (Å²) in [6.07, 6.45) is 5.04. The van der Waals surface area contributed by atoms with Gasteiger partial charge in [0.05, 0.1) is 11.7 Å². The monoisotopic (exact) mass is 208 g/mol. The van der Waals surface area contributed by atoms with E-state index in [1.54, 1.807) is 0 Å². The zero-order chi connectivity index (χ0) is 10.6. The highest BCUT2D eigenvalue weighted by Gasteiger charge is 2.59. The number of rotatable bonds is 3. The van der Waals surface area contributed by atoms with Gasteiger partial charge in [0, 0.05) is 6.54 Å². The first-order valence-corrected chi connectivity index (χ1v) is 6.21. The smallest absolute Gasteiger partial charge is 0.244 e. The molecule has 2 aliphatic carbocycles. The van der Waals surface area contributed by atoms with Crippen LogP contribution in [-0.4, -0.2) is 29.1 Å². The molecule has 0 bridgehead atoms. The second kappa shape index (κ2) is 2.97. The van der Waals surface area contributed by atoms with Crippen molar-refractivity contribution in [3.05, 3.63) is 0 Å². The van der Waals surface area contributed by atoms with Crippen molar-refractivity contribution in [1.29, 1.82) is 0 Å². The van der Waals surface area contributed by atoms with Gasteiger partial charge in [0.15, 0.2) is 0 Å². The highest BCUT2D eigenvalue weighted by Crippen LogP contribution is 2.44. The van der Waals surface area contributed by atoms with Gasteiger partial charge in [-0.05, 0) is 37.5 Å². The van der Waals surface area contributed by atoms with Gasteiger partial charge in [0.2, 0.25) is 5.91 Å². The summed E-state index contributed by atoms with van der Waals surface area (Å²) in [4.78, 5) is 14.4. The lowest BCUT2D eigenvalue weighted by atomic mass is 10.1. The Labute approximate surface area is 91.2 Å². The molecule has 3 fully saturated rings. The molecule has 1 spiro atoms. The van der Waals surface area contributed by atoms with E-state index >= 15 is 0 Å². The van der Waals surface area contributed by atoms with E-state index in [4.69, 9.17) is 0 Å². The predicted molar refractivity (Wildman–Crippen MR) is 58.2 cm³/mol. The molecule has 0 radical (unpaired) electrons.